The number of nitrogens with zero attached hydrogens (tertiary/aromatic N) is 1. The first-order valence-electron chi connectivity index (χ1n) is 6.45. The van der Waals surface area contributed by atoms with E-state index in [1.165, 1.54) is 37.5 Å². The van der Waals surface area contributed by atoms with Gasteiger partial charge in [0.15, 0.2) is 0 Å². The minimum Gasteiger partial charge on any atom is -0.497 e. The third-order valence-corrected chi connectivity index (χ3v) is 2.87. The van der Waals surface area contributed by atoms with Crippen LogP contribution in [0.5, 0.6) is 5.75 Å². The molecule has 5 heteroatoms. The molecule has 4 nitrogen and oxygen atoms in total. The normalized spacial score (nSPS) is 10.7. The summed E-state index contributed by atoms with van der Waals surface area (Å²) in [6.45, 7) is 0. The number of benzene rings is 2. The first kappa shape index (κ1) is 15.3. The van der Waals surface area contributed by atoms with Crippen molar-refractivity contribution in [1.82, 2.24) is 0 Å². The Balaban J connectivity index is 2.18. The summed E-state index contributed by atoms with van der Waals surface area (Å²) in [5.74, 6) is -0.324. The monoisotopic (exact) mass is 296 g/mol. The van der Waals surface area contributed by atoms with E-state index in [1.54, 1.807) is 24.3 Å². The van der Waals surface area contributed by atoms with Crippen molar-refractivity contribution < 1.29 is 13.9 Å². The molecule has 0 heterocycles. The quantitative estimate of drug-likeness (QED) is 0.695. The minimum absolute atomic E-state index is 0.0746. The van der Waals surface area contributed by atoms with Crippen molar-refractivity contribution in [1.29, 1.82) is 5.26 Å². The van der Waals surface area contributed by atoms with E-state index in [0.717, 1.165) is 0 Å². The van der Waals surface area contributed by atoms with E-state index in [-0.39, 0.29) is 11.4 Å². The SMILES string of the molecule is COc1cccc(NC(=O)/C(C#N)=C/c2ccc(F)cc2)c1. The Morgan fingerprint density at radius 3 is 2.64 bits per heavy atom. The van der Waals surface area contributed by atoms with Crippen molar-refractivity contribution in [3.05, 3.63) is 65.5 Å². The van der Waals surface area contributed by atoms with E-state index < -0.39 is 5.91 Å². The van der Waals surface area contributed by atoms with Gasteiger partial charge in [-0.25, -0.2) is 4.39 Å². The molecule has 0 aliphatic heterocycles. The lowest BCUT2D eigenvalue weighted by molar-refractivity contribution is -0.112. The summed E-state index contributed by atoms with van der Waals surface area (Å²) in [6, 6.07) is 14.2. The predicted octanol–water partition coefficient (Wildman–Crippen LogP) is 3.38. The van der Waals surface area contributed by atoms with Crippen LogP contribution in [0.2, 0.25) is 0 Å². The molecule has 110 valence electrons. The zero-order chi connectivity index (χ0) is 15.9. The van der Waals surface area contributed by atoms with Crippen LogP contribution in [0.3, 0.4) is 0 Å². The van der Waals surface area contributed by atoms with E-state index in [0.29, 0.717) is 17.0 Å². The summed E-state index contributed by atoms with van der Waals surface area (Å²) in [5.41, 5.74) is 1.01. The minimum atomic E-state index is -0.542. The Hall–Kier alpha value is -3.13. The molecular weight excluding hydrogens is 283 g/mol. The fourth-order valence-corrected chi connectivity index (χ4v) is 1.77. The summed E-state index contributed by atoms with van der Waals surface area (Å²) in [7, 11) is 1.52. The molecule has 22 heavy (non-hydrogen) atoms. The van der Waals surface area contributed by atoms with Crippen LogP contribution < -0.4 is 10.1 Å². The average Bonchev–Trinajstić information content (AvgIpc) is 2.54. The topological polar surface area (TPSA) is 62.1 Å². The highest BCUT2D eigenvalue weighted by Crippen LogP contribution is 2.18. The lowest BCUT2D eigenvalue weighted by atomic mass is 10.1. The molecule has 0 saturated heterocycles. The van der Waals surface area contributed by atoms with E-state index in [4.69, 9.17) is 10.00 Å². The number of hydrogen-bond donors (Lipinski definition) is 1. The molecular formula is C17H13FN2O2. The molecule has 0 aliphatic rings. The van der Waals surface area contributed by atoms with Crippen LogP contribution in [0.4, 0.5) is 10.1 Å². The number of hydrogen-bond acceptors (Lipinski definition) is 3. The number of methoxy groups -OCH3 is 1. The highest BCUT2D eigenvalue weighted by Gasteiger charge is 2.10. The van der Waals surface area contributed by atoms with Gasteiger partial charge in [0.1, 0.15) is 23.2 Å². The van der Waals surface area contributed by atoms with Gasteiger partial charge in [0.2, 0.25) is 0 Å². The molecule has 0 aliphatic carbocycles. The van der Waals surface area contributed by atoms with Gasteiger partial charge in [-0.15, -0.1) is 0 Å². The molecule has 1 N–H and O–H groups in total. The number of amides is 1. The number of nitriles is 1. The van der Waals surface area contributed by atoms with Gasteiger partial charge in [0, 0.05) is 11.8 Å². The Bertz CT molecular complexity index is 746. The summed E-state index contributed by atoms with van der Waals surface area (Å²) in [6.07, 6.45) is 1.40. The largest absolute Gasteiger partial charge is 0.497 e. The molecule has 0 atom stereocenters. The Kier molecular flexibility index (Phi) is 4.89. The zero-order valence-electron chi connectivity index (χ0n) is 11.8. The first-order valence-corrected chi connectivity index (χ1v) is 6.45. The van der Waals surface area contributed by atoms with Crippen molar-refractivity contribution in [2.24, 2.45) is 0 Å². The molecule has 0 radical (unpaired) electrons. The van der Waals surface area contributed by atoms with Crippen LogP contribution in [-0.2, 0) is 4.79 Å². The number of ether oxygens (including phenoxy) is 1. The molecule has 1 amide bonds. The van der Waals surface area contributed by atoms with E-state index >= 15 is 0 Å². The maximum absolute atomic E-state index is 12.8. The summed E-state index contributed by atoms with van der Waals surface area (Å²) >= 11 is 0. The van der Waals surface area contributed by atoms with Gasteiger partial charge < -0.3 is 10.1 Å². The second-order valence-electron chi connectivity index (χ2n) is 4.41. The third kappa shape index (κ3) is 3.93. The third-order valence-electron chi connectivity index (χ3n) is 2.87. The number of carbonyl (C=O) groups is 1. The summed E-state index contributed by atoms with van der Waals surface area (Å²) in [5, 5.41) is 11.7. The number of anilines is 1. The van der Waals surface area contributed by atoms with Crippen LogP contribution in [0.15, 0.2) is 54.1 Å². The number of rotatable bonds is 4. The van der Waals surface area contributed by atoms with Gasteiger partial charge in [0.05, 0.1) is 7.11 Å². The van der Waals surface area contributed by atoms with Crippen molar-refractivity contribution >= 4 is 17.7 Å². The van der Waals surface area contributed by atoms with Crippen molar-refractivity contribution in [2.45, 2.75) is 0 Å². The number of nitrogens with one attached hydrogen (secondary N) is 1. The highest BCUT2D eigenvalue weighted by molar-refractivity contribution is 6.09. The molecule has 2 aromatic rings. The molecule has 2 rings (SSSR count). The van der Waals surface area contributed by atoms with Crippen LogP contribution in [0.25, 0.3) is 6.08 Å². The molecule has 0 fully saturated rings. The smallest absolute Gasteiger partial charge is 0.266 e. The number of carbonyl (C=O) groups excluding carboxylic acids is 1. The molecule has 0 aromatic heterocycles. The first-order chi connectivity index (χ1) is 10.6. The number of halogens is 1. The molecule has 0 bridgehead atoms. The molecule has 0 saturated carbocycles. The van der Waals surface area contributed by atoms with Gasteiger partial charge in [-0.1, -0.05) is 18.2 Å². The predicted molar refractivity (Wildman–Crippen MR) is 81.6 cm³/mol. The summed E-state index contributed by atoms with van der Waals surface area (Å²) in [4.78, 5) is 12.1. The van der Waals surface area contributed by atoms with Gasteiger partial charge in [-0.05, 0) is 35.9 Å². The highest BCUT2D eigenvalue weighted by atomic mass is 19.1. The Labute approximate surface area is 127 Å². The fourth-order valence-electron chi connectivity index (χ4n) is 1.77. The van der Waals surface area contributed by atoms with Gasteiger partial charge in [-0.3, -0.25) is 4.79 Å². The summed E-state index contributed by atoms with van der Waals surface area (Å²) < 4.78 is 17.9. The second-order valence-corrected chi connectivity index (χ2v) is 4.41. The van der Waals surface area contributed by atoms with Crippen LogP contribution in [-0.4, -0.2) is 13.0 Å². The van der Waals surface area contributed by atoms with Crippen LogP contribution in [0.1, 0.15) is 5.56 Å². The maximum atomic E-state index is 12.8. The molecule has 2 aromatic carbocycles. The van der Waals surface area contributed by atoms with Gasteiger partial charge >= 0.3 is 0 Å². The molecule has 0 spiro atoms. The lowest BCUT2D eigenvalue weighted by Gasteiger charge is -2.06. The Morgan fingerprint density at radius 1 is 1.27 bits per heavy atom. The second kappa shape index (κ2) is 7.04. The zero-order valence-corrected chi connectivity index (χ0v) is 11.8. The van der Waals surface area contributed by atoms with E-state index in [1.807, 2.05) is 6.07 Å². The van der Waals surface area contributed by atoms with Crippen molar-refractivity contribution in [2.75, 3.05) is 12.4 Å². The fraction of sp³-hybridized carbons (Fsp3) is 0.0588. The van der Waals surface area contributed by atoms with Gasteiger partial charge in [0.25, 0.3) is 5.91 Å². The average molecular weight is 296 g/mol. The van der Waals surface area contributed by atoms with Crippen molar-refractivity contribution in [3.63, 3.8) is 0 Å². The molecule has 0 unspecified atom stereocenters. The van der Waals surface area contributed by atoms with Gasteiger partial charge in [-0.2, -0.15) is 5.26 Å². The standard InChI is InChI=1S/C17H13FN2O2/c1-22-16-4-2-3-15(10-16)20-17(21)13(11-19)9-12-5-7-14(18)8-6-12/h2-10H,1H3,(H,20,21)/b13-9+. The lowest BCUT2D eigenvalue weighted by Crippen LogP contribution is -2.13. The van der Waals surface area contributed by atoms with E-state index in [9.17, 15) is 9.18 Å². The maximum Gasteiger partial charge on any atom is 0.266 e. The van der Waals surface area contributed by atoms with Crippen LogP contribution >= 0.6 is 0 Å². The van der Waals surface area contributed by atoms with Crippen molar-refractivity contribution in [3.8, 4) is 11.8 Å². The van der Waals surface area contributed by atoms with E-state index in [2.05, 4.69) is 5.32 Å². The van der Waals surface area contributed by atoms with Crippen LogP contribution in [0, 0.1) is 17.1 Å². The Morgan fingerprint density at radius 2 is 2.00 bits per heavy atom.